The number of furan rings is 1. The Bertz CT molecular complexity index is 1410. The van der Waals surface area contributed by atoms with Gasteiger partial charge in [0.25, 0.3) is 0 Å². The van der Waals surface area contributed by atoms with Crippen molar-refractivity contribution in [2.75, 3.05) is 0 Å². The lowest BCUT2D eigenvalue weighted by Crippen LogP contribution is -1.84. The van der Waals surface area contributed by atoms with Gasteiger partial charge in [-0.3, -0.25) is 15.2 Å². The predicted octanol–water partition coefficient (Wildman–Crippen LogP) is 4.15. The van der Waals surface area contributed by atoms with E-state index in [4.69, 9.17) is 9.40 Å². The van der Waals surface area contributed by atoms with Gasteiger partial charge in [-0.05, 0) is 24.3 Å². The van der Waals surface area contributed by atoms with Crippen molar-refractivity contribution < 1.29 is 4.42 Å². The fourth-order valence-corrected chi connectivity index (χ4v) is 3.46. The molecule has 134 valence electrons. The minimum absolute atomic E-state index is 0.759. The first-order chi connectivity index (χ1) is 13.9. The van der Waals surface area contributed by atoms with Gasteiger partial charge in [0.1, 0.15) is 11.2 Å². The first-order valence-corrected chi connectivity index (χ1v) is 8.71. The lowest BCUT2D eigenvalue weighted by molar-refractivity contribution is 0.568. The first kappa shape index (κ1) is 14.9. The van der Waals surface area contributed by atoms with E-state index in [2.05, 4.69) is 36.4 Å². The van der Waals surface area contributed by atoms with Crippen LogP contribution in [0.1, 0.15) is 0 Å². The van der Waals surface area contributed by atoms with Crippen LogP contribution in [0.15, 0.2) is 66.0 Å². The van der Waals surface area contributed by atoms with Crippen LogP contribution >= 0.6 is 0 Å². The van der Waals surface area contributed by atoms with Gasteiger partial charge in [0.2, 0.25) is 0 Å². The first-order valence-electron chi connectivity index (χ1n) is 8.71. The molecule has 6 rings (SSSR count). The Balaban J connectivity index is 1.55. The average Bonchev–Trinajstić information content (AvgIpc) is 3.53. The molecule has 0 amide bonds. The van der Waals surface area contributed by atoms with Crippen molar-refractivity contribution in [3.05, 3.63) is 61.6 Å². The highest BCUT2D eigenvalue weighted by Gasteiger charge is 2.16. The summed E-state index contributed by atoms with van der Waals surface area (Å²) in [5.41, 5.74) is 7.97. The van der Waals surface area contributed by atoms with Crippen molar-refractivity contribution in [2.45, 2.75) is 0 Å². The lowest BCUT2D eigenvalue weighted by atomic mass is 10.1. The average molecular weight is 367 g/mol. The standard InChI is InChI=1S/C20H13N7O/c1-2-16-19(25-15(1)12-6-22-23-7-12)20(27-26-16)17-5-13-14(11-3-4-28-10-11)8-21-9-18(13)24-17/h1-10,24H,(H,22,23)(H,26,27). The van der Waals surface area contributed by atoms with Crippen molar-refractivity contribution in [1.82, 2.24) is 35.3 Å². The van der Waals surface area contributed by atoms with E-state index in [-0.39, 0.29) is 0 Å². The maximum absolute atomic E-state index is 5.23. The van der Waals surface area contributed by atoms with Gasteiger partial charge in [-0.2, -0.15) is 10.2 Å². The molecular weight excluding hydrogens is 354 g/mol. The fourth-order valence-electron chi connectivity index (χ4n) is 3.46. The minimum Gasteiger partial charge on any atom is -0.472 e. The number of pyridine rings is 2. The molecule has 6 heterocycles. The molecular formula is C20H13N7O. The van der Waals surface area contributed by atoms with E-state index in [1.165, 1.54) is 0 Å². The van der Waals surface area contributed by atoms with Crippen LogP contribution < -0.4 is 0 Å². The van der Waals surface area contributed by atoms with Crippen LogP contribution in [-0.4, -0.2) is 35.3 Å². The second-order valence-corrected chi connectivity index (χ2v) is 6.50. The third kappa shape index (κ3) is 2.18. The van der Waals surface area contributed by atoms with Gasteiger partial charge in [-0.25, -0.2) is 4.98 Å². The van der Waals surface area contributed by atoms with Gasteiger partial charge in [0.15, 0.2) is 0 Å². The zero-order valence-electron chi connectivity index (χ0n) is 14.5. The van der Waals surface area contributed by atoms with E-state index >= 15 is 0 Å². The van der Waals surface area contributed by atoms with Crippen LogP contribution in [0.25, 0.3) is 55.7 Å². The van der Waals surface area contributed by atoms with Crippen molar-refractivity contribution >= 4 is 21.9 Å². The second kappa shape index (κ2) is 5.65. The van der Waals surface area contributed by atoms with E-state index in [9.17, 15) is 0 Å². The number of hydrogen-bond donors (Lipinski definition) is 3. The molecule has 0 aromatic carbocycles. The van der Waals surface area contributed by atoms with Crippen molar-refractivity contribution in [3.63, 3.8) is 0 Å². The molecule has 0 aliphatic heterocycles. The Morgan fingerprint density at radius 2 is 1.96 bits per heavy atom. The number of aromatic amines is 3. The molecule has 0 aliphatic rings. The summed E-state index contributed by atoms with van der Waals surface area (Å²) in [4.78, 5) is 12.6. The van der Waals surface area contributed by atoms with Gasteiger partial charge in [0, 0.05) is 34.5 Å². The summed E-state index contributed by atoms with van der Waals surface area (Å²) in [6, 6.07) is 7.91. The molecule has 6 aromatic heterocycles. The third-order valence-electron chi connectivity index (χ3n) is 4.83. The van der Waals surface area contributed by atoms with Gasteiger partial charge in [-0.1, -0.05) is 0 Å². The van der Waals surface area contributed by atoms with Crippen LogP contribution in [0.3, 0.4) is 0 Å². The quantitative estimate of drug-likeness (QED) is 0.435. The van der Waals surface area contributed by atoms with Gasteiger partial charge in [-0.15, -0.1) is 0 Å². The zero-order chi connectivity index (χ0) is 18.5. The maximum atomic E-state index is 5.23. The number of rotatable bonds is 3. The second-order valence-electron chi connectivity index (χ2n) is 6.50. The maximum Gasteiger partial charge on any atom is 0.135 e. The van der Waals surface area contributed by atoms with E-state index in [1.807, 2.05) is 36.8 Å². The van der Waals surface area contributed by atoms with E-state index in [1.54, 1.807) is 18.7 Å². The number of nitrogens with one attached hydrogen (secondary N) is 3. The van der Waals surface area contributed by atoms with E-state index < -0.39 is 0 Å². The van der Waals surface area contributed by atoms with Crippen molar-refractivity contribution in [3.8, 4) is 33.8 Å². The highest BCUT2D eigenvalue weighted by atomic mass is 16.3. The normalized spacial score (nSPS) is 11.6. The largest absolute Gasteiger partial charge is 0.472 e. The lowest BCUT2D eigenvalue weighted by Gasteiger charge is -1.98. The Kier molecular flexibility index (Phi) is 3.01. The van der Waals surface area contributed by atoms with Gasteiger partial charge < -0.3 is 9.40 Å². The molecule has 0 atom stereocenters. The summed E-state index contributed by atoms with van der Waals surface area (Å²) in [6.07, 6.45) is 10.6. The molecule has 6 aromatic rings. The molecule has 0 radical (unpaired) electrons. The zero-order valence-corrected chi connectivity index (χ0v) is 14.5. The molecule has 28 heavy (non-hydrogen) atoms. The highest BCUT2D eigenvalue weighted by Crippen LogP contribution is 2.33. The number of nitrogens with zero attached hydrogens (tertiary/aromatic N) is 4. The van der Waals surface area contributed by atoms with Crippen molar-refractivity contribution in [2.24, 2.45) is 0 Å². The molecule has 3 N–H and O–H groups in total. The van der Waals surface area contributed by atoms with Crippen LogP contribution in [0.4, 0.5) is 0 Å². The molecule has 0 fully saturated rings. The summed E-state index contributed by atoms with van der Waals surface area (Å²) in [7, 11) is 0. The molecule has 0 saturated heterocycles. The molecule has 0 spiro atoms. The summed E-state index contributed by atoms with van der Waals surface area (Å²) < 4.78 is 5.23. The molecule has 0 aliphatic carbocycles. The summed E-state index contributed by atoms with van der Waals surface area (Å²) in [6.45, 7) is 0. The smallest absolute Gasteiger partial charge is 0.135 e. The SMILES string of the molecule is c1cc(-c2cncc3[nH]c(-c4n[nH]c5ccc(-c6cn[nH]c6)nc45)cc23)co1. The van der Waals surface area contributed by atoms with Crippen LogP contribution in [0.2, 0.25) is 0 Å². The van der Waals surface area contributed by atoms with Gasteiger partial charge >= 0.3 is 0 Å². The molecule has 0 saturated carbocycles. The van der Waals surface area contributed by atoms with Crippen LogP contribution in [0, 0.1) is 0 Å². The van der Waals surface area contributed by atoms with Crippen LogP contribution in [-0.2, 0) is 0 Å². The number of hydrogen-bond acceptors (Lipinski definition) is 5. The molecule has 0 bridgehead atoms. The number of aromatic nitrogens is 7. The van der Waals surface area contributed by atoms with E-state index in [0.29, 0.717) is 0 Å². The highest BCUT2D eigenvalue weighted by molar-refractivity contribution is 5.99. The topological polar surface area (TPSA) is 112 Å². The van der Waals surface area contributed by atoms with Gasteiger partial charge in [0.05, 0.1) is 47.3 Å². The van der Waals surface area contributed by atoms with Crippen LogP contribution in [0.5, 0.6) is 0 Å². The molecule has 8 heteroatoms. The summed E-state index contributed by atoms with van der Waals surface area (Å²) in [5.74, 6) is 0. The molecule has 8 nitrogen and oxygen atoms in total. The number of fused-ring (bicyclic) bond motifs is 2. The third-order valence-corrected chi connectivity index (χ3v) is 4.83. The summed E-state index contributed by atoms with van der Waals surface area (Å²) >= 11 is 0. The monoisotopic (exact) mass is 367 g/mol. The Morgan fingerprint density at radius 3 is 2.82 bits per heavy atom. The number of H-pyrrole nitrogens is 3. The molecule has 0 unspecified atom stereocenters. The fraction of sp³-hybridized carbons (Fsp3) is 0. The Hall–Kier alpha value is -4.20. The predicted molar refractivity (Wildman–Crippen MR) is 104 cm³/mol. The summed E-state index contributed by atoms with van der Waals surface area (Å²) in [5, 5.41) is 15.4. The minimum atomic E-state index is 0.759. The van der Waals surface area contributed by atoms with Crippen molar-refractivity contribution in [1.29, 1.82) is 0 Å². The Morgan fingerprint density at radius 1 is 0.964 bits per heavy atom. The van der Waals surface area contributed by atoms with E-state index in [0.717, 1.165) is 55.7 Å². The Labute approximate surface area is 157 Å².